The van der Waals surface area contributed by atoms with Crippen LogP contribution in [0.25, 0.3) is 0 Å². The molecule has 2 nitrogen and oxygen atoms in total. The number of aryl methyl sites for hydroxylation is 1. The minimum Gasteiger partial charge on any atom is -0.388 e. The van der Waals surface area contributed by atoms with Crippen LogP contribution in [0.5, 0.6) is 0 Å². The molecular formula is C12H17NO. The first-order valence-electron chi connectivity index (χ1n) is 5.29. The van der Waals surface area contributed by atoms with Crippen LogP contribution < -0.4 is 5.73 Å². The average molecular weight is 191 g/mol. The predicted molar refractivity (Wildman–Crippen MR) is 56.9 cm³/mol. The lowest BCUT2D eigenvalue weighted by molar-refractivity contribution is 0.0899. The van der Waals surface area contributed by atoms with Crippen LogP contribution in [0.1, 0.15) is 30.1 Å². The van der Waals surface area contributed by atoms with Crippen molar-refractivity contribution in [2.75, 3.05) is 6.54 Å². The first kappa shape index (κ1) is 9.69. The molecule has 76 valence electrons. The third-order valence-corrected chi connectivity index (χ3v) is 3.14. The molecule has 3 N–H and O–H groups in total. The molecule has 2 unspecified atom stereocenters. The Morgan fingerprint density at radius 1 is 1.36 bits per heavy atom. The summed E-state index contributed by atoms with van der Waals surface area (Å²) in [5.41, 5.74) is 7.94. The zero-order chi connectivity index (χ0) is 9.97. The molecule has 14 heavy (non-hydrogen) atoms. The van der Waals surface area contributed by atoms with Gasteiger partial charge in [0.1, 0.15) is 0 Å². The fourth-order valence-corrected chi connectivity index (χ4v) is 2.32. The van der Waals surface area contributed by atoms with Gasteiger partial charge in [0, 0.05) is 0 Å². The number of hydrogen-bond donors (Lipinski definition) is 2. The molecule has 0 radical (unpaired) electrons. The summed E-state index contributed by atoms with van der Waals surface area (Å²) in [5, 5.41) is 10.1. The Labute approximate surface area is 84.7 Å². The lowest BCUT2D eigenvalue weighted by Crippen LogP contribution is -2.22. The van der Waals surface area contributed by atoms with E-state index in [4.69, 9.17) is 5.73 Å². The lowest BCUT2D eigenvalue weighted by atomic mass is 9.80. The second-order valence-corrected chi connectivity index (χ2v) is 4.02. The largest absolute Gasteiger partial charge is 0.388 e. The minimum absolute atomic E-state index is 0.302. The van der Waals surface area contributed by atoms with E-state index in [0.29, 0.717) is 12.5 Å². The van der Waals surface area contributed by atoms with Crippen LogP contribution in [-0.4, -0.2) is 11.7 Å². The monoisotopic (exact) mass is 191 g/mol. The molecule has 2 rings (SSSR count). The summed E-state index contributed by atoms with van der Waals surface area (Å²) in [7, 11) is 0. The first-order chi connectivity index (χ1) is 6.83. The summed E-state index contributed by atoms with van der Waals surface area (Å²) in [5.74, 6) is 0.356. The van der Waals surface area contributed by atoms with Gasteiger partial charge >= 0.3 is 0 Å². The highest BCUT2D eigenvalue weighted by molar-refractivity contribution is 5.31. The number of benzene rings is 1. The maximum Gasteiger partial charge on any atom is 0.0821 e. The Morgan fingerprint density at radius 3 is 2.93 bits per heavy atom. The number of aliphatic hydroxyl groups excluding tert-OH is 1. The highest BCUT2D eigenvalue weighted by atomic mass is 16.3. The highest BCUT2D eigenvalue weighted by Crippen LogP contribution is 2.35. The normalized spacial score (nSPS) is 25.9. The van der Waals surface area contributed by atoms with Crippen molar-refractivity contribution < 1.29 is 5.11 Å². The topological polar surface area (TPSA) is 46.2 Å². The second-order valence-electron chi connectivity index (χ2n) is 4.02. The molecule has 0 saturated carbocycles. The van der Waals surface area contributed by atoms with E-state index in [1.165, 1.54) is 5.56 Å². The van der Waals surface area contributed by atoms with E-state index in [-0.39, 0.29) is 6.10 Å². The van der Waals surface area contributed by atoms with E-state index >= 15 is 0 Å². The van der Waals surface area contributed by atoms with Gasteiger partial charge in [-0.05, 0) is 42.9 Å². The van der Waals surface area contributed by atoms with Gasteiger partial charge in [0.15, 0.2) is 0 Å². The van der Waals surface area contributed by atoms with E-state index in [2.05, 4.69) is 6.07 Å². The summed E-state index contributed by atoms with van der Waals surface area (Å²) in [4.78, 5) is 0. The van der Waals surface area contributed by atoms with Crippen LogP contribution >= 0.6 is 0 Å². The van der Waals surface area contributed by atoms with E-state index in [1.807, 2.05) is 18.2 Å². The first-order valence-corrected chi connectivity index (χ1v) is 5.29. The van der Waals surface area contributed by atoms with Gasteiger partial charge in [0.05, 0.1) is 6.10 Å². The van der Waals surface area contributed by atoms with Gasteiger partial charge in [-0.3, -0.25) is 0 Å². The van der Waals surface area contributed by atoms with Crippen molar-refractivity contribution in [1.82, 2.24) is 0 Å². The van der Waals surface area contributed by atoms with Gasteiger partial charge in [-0.2, -0.15) is 0 Å². The summed E-state index contributed by atoms with van der Waals surface area (Å²) in [6, 6.07) is 8.17. The van der Waals surface area contributed by atoms with Gasteiger partial charge < -0.3 is 10.8 Å². The molecule has 0 spiro atoms. The van der Waals surface area contributed by atoms with Crippen LogP contribution in [-0.2, 0) is 6.42 Å². The second kappa shape index (κ2) is 4.11. The minimum atomic E-state index is -0.302. The molecule has 1 aromatic rings. The Bertz CT molecular complexity index is 311. The van der Waals surface area contributed by atoms with E-state index in [0.717, 1.165) is 24.8 Å². The van der Waals surface area contributed by atoms with Gasteiger partial charge in [-0.25, -0.2) is 0 Å². The lowest BCUT2D eigenvalue weighted by Gasteiger charge is -2.29. The molecule has 0 amide bonds. The Kier molecular flexibility index (Phi) is 2.85. The third kappa shape index (κ3) is 1.68. The van der Waals surface area contributed by atoms with Gasteiger partial charge in [0.2, 0.25) is 0 Å². The van der Waals surface area contributed by atoms with Crippen LogP contribution in [0.3, 0.4) is 0 Å². The van der Waals surface area contributed by atoms with Crippen molar-refractivity contribution in [3.8, 4) is 0 Å². The van der Waals surface area contributed by atoms with Gasteiger partial charge in [-0.15, -0.1) is 0 Å². The summed E-state index contributed by atoms with van der Waals surface area (Å²) >= 11 is 0. The molecule has 0 heterocycles. The Balaban J connectivity index is 2.22. The van der Waals surface area contributed by atoms with Crippen LogP contribution in [0.2, 0.25) is 0 Å². The molecule has 2 heteroatoms. The SMILES string of the molecule is NCCC1CCc2ccccc2C1O. The summed E-state index contributed by atoms with van der Waals surface area (Å²) < 4.78 is 0. The third-order valence-electron chi connectivity index (χ3n) is 3.14. The number of hydrogen-bond acceptors (Lipinski definition) is 2. The number of nitrogens with two attached hydrogens (primary N) is 1. The fraction of sp³-hybridized carbons (Fsp3) is 0.500. The molecule has 0 fully saturated rings. The van der Waals surface area contributed by atoms with Crippen LogP contribution in [0.4, 0.5) is 0 Å². The smallest absolute Gasteiger partial charge is 0.0821 e. The summed E-state index contributed by atoms with van der Waals surface area (Å²) in [6.07, 6.45) is 2.77. The number of fused-ring (bicyclic) bond motifs is 1. The standard InChI is InChI=1S/C12H17NO/c13-8-7-10-6-5-9-3-1-2-4-11(9)12(10)14/h1-4,10,12,14H,5-8,13H2. The van der Waals surface area contributed by atoms with E-state index in [1.54, 1.807) is 0 Å². The van der Waals surface area contributed by atoms with E-state index < -0.39 is 0 Å². The molecule has 0 bridgehead atoms. The molecule has 0 saturated heterocycles. The van der Waals surface area contributed by atoms with Crippen molar-refractivity contribution in [2.24, 2.45) is 11.7 Å². The van der Waals surface area contributed by atoms with Crippen LogP contribution in [0, 0.1) is 5.92 Å². The highest BCUT2D eigenvalue weighted by Gasteiger charge is 2.26. The maximum absolute atomic E-state index is 10.1. The van der Waals surface area contributed by atoms with Gasteiger partial charge in [-0.1, -0.05) is 24.3 Å². The van der Waals surface area contributed by atoms with Crippen molar-refractivity contribution in [3.05, 3.63) is 35.4 Å². The van der Waals surface area contributed by atoms with Crippen molar-refractivity contribution in [3.63, 3.8) is 0 Å². The zero-order valence-corrected chi connectivity index (χ0v) is 8.32. The molecular weight excluding hydrogens is 174 g/mol. The van der Waals surface area contributed by atoms with Crippen molar-refractivity contribution in [1.29, 1.82) is 0 Å². The fourth-order valence-electron chi connectivity index (χ4n) is 2.32. The predicted octanol–water partition coefficient (Wildman–Crippen LogP) is 1.63. The Morgan fingerprint density at radius 2 is 2.14 bits per heavy atom. The molecule has 1 aromatic carbocycles. The average Bonchev–Trinajstić information content (AvgIpc) is 2.23. The van der Waals surface area contributed by atoms with Crippen LogP contribution in [0.15, 0.2) is 24.3 Å². The number of rotatable bonds is 2. The molecule has 2 atom stereocenters. The Hall–Kier alpha value is -0.860. The molecule has 0 aromatic heterocycles. The molecule has 0 aliphatic heterocycles. The molecule has 1 aliphatic rings. The number of aliphatic hydroxyl groups is 1. The zero-order valence-electron chi connectivity index (χ0n) is 8.32. The molecule has 1 aliphatic carbocycles. The van der Waals surface area contributed by atoms with E-state index in [9.17, 15) is 5.11 Å². The quantitative estimate of drug-likeness (QED) is 0.746. The maximum atomic E-state index is 10.1. The van der Waals surface area contributed by atoms with Crippen molar-refractivity contribution >= 4 is 0 Å². The summed E-state index contributed by atoms with van der Waals surface area (Å²) in [6.45, 7) is 0.671. The van der Waals surface area contributed by atoms with Crippen molar-refractivity contribution in [2.45, 2.75) is 25.4 Å². The van der Waals surface area contributed by atoms with Gasteiger partial charge in [0.25, 0.3) is 0 Å².